The molecule has 2 aliphatic rings. The molecule has 2 aromatic rings. The Balaban J connectivity index is 1.56. The second-order valence-corrected chi connectivity index (χ2v) is 8.19. The first-order valence-electron chi connectivity index (χ1n) is 8.17. The van der Waals surface area contributed by atoms with Crippen LogP contribution in [0.25, 0.3) is 10.2 Å². The molecule has 0 atom stereocenters. The Labute approximate surface area is 142 Å². The second kappa shape index (κ2) is 6.28. The standard InChI is InChI=1S/C16H19N3O2S2/c20-12(19-7-3-4-8-19)9-22-16-17-14(21)13-10-5-1-2-6-11(10)23-15(13)18-16/h1-9H2,(H,17,18,21). The summed E-state index contributed by atoms with van der Waals surface area (Å²) in [6.07, 6.45) is 6.59. The summed E-state index contributed by atoms with van der Waals surface area (Å²) in [6, 6.07) is 0. The van der Waals surface area contributed by atoms with E-state index >= 15 is 0 Å². The number of likely N-dealkylation sites (tertiary alicyclic amines) is 1. The number of aryl methyl sites for hydroxylation is 2. The van der Waals surface area contributed by atoms with E-state index in [0.29, 0.717) is 10.9 Å². The van der Waals surface area contributed by atoms with Crippen LogP contribution in [0, 0.1) is 0 Å². The molecule has 3 heterocycles. The lowest BCUT2D eigenvalue weighted by Gasteiger charge is -2.14. The zero-order chi connectivity index (χ0) is 15.8. The van der Waals surface area contributed by atoms with Crippen LogP contribution in [0.1, 0.15) is 36.1 Å². The summed E-state index contributed by atoms with van der Waals surface area (Å²) in [7, 11) is 0. The molecule has 0 aromatic carbocycles. The van der Waals surface area contributed by atoms with Crippen molar-refractivity contribution in [3.05, 3.63) is 20.8 Å². The zero-order valence-electron chi connectivity index (χ0n) is 12.9. The van der Waals surface area contributed by atoms with Crippen LogP contribution in [0.3, 0.4) is 0 Å². The van der Waals surface area contributed by atoms with E-state index in [9.17, 15) is 9.59 Å². The predicted molar refractivity (Wildman–Crippen MR) is 93.4 cm³/mol. The number of rotatable bonds is 3. The largest absolute Gasteiger partial charge is 0.342 e. The molecule has 23 heavy (non-hydrogen) atoms. The summed E-state index contributed by atoms with van der Waals surface area (Å²) in [5, 5.41) is 1.34. The number of carbonyl (C=O) groups excluding carboxylic acids is 1. The topological polar surface area (TPSA) is 66.1 Å². The summed E-state index contributed by atoms with van der Waals surface area (Å²) in [5.74, 6) is 0.486. The third kappa shape index (κ3) is 2.92. The van der Waals surface area contributed by atoms with E-state index in [1.807, 2.05) is 4.90 Å². The van der Waals surface area contributed by atoms with Crippen LogP contribution >= 0.6 is 23.1 Å². The van der Waals surface area contributed by atoms with Crippen molar-refractivity contribution in [2.24, 2.45) is 0 Å². The average Bonchev–Trinajstić information content (AvgIpc) is 3.19. The number of amides is 1. The fourth-order valence-electron chi connectivity index (χ4n) is 3.40. The fraction of sp³-hybridized carbons (Fsp3) is 0.562. The number of nitrogens with one attached hydrogen (secondary N) is 1. The lowest BCUT2D eigenvalue weighted by Crippen LogP contribution is -2.29. The molecule has 1 N–H and O–H groups in total. The molecule has 1 aliphatic heterocycles. The van der Waals surface area contributed by atoms with Gasteiger partial charge in [0.2, 0.25) is 5.91 Å². The summed E-state index contributed by atoms with van der Waals surface area (Å²) in [4.78, 5) is 36.1. The first-order chi connectivity index (χ1) is 11.2. The lowest BCUT2D eigenvalue weighted by atomic mass is 9.97. The Morgan fingerprint density at radius 2 is 2.00 bits per heavy atom. The molecule has 1 aliphatic carbocycles. The number of carbonyl (C=O) groups is 1. The van der Waals surface area contributed by atoms with Gasteiger partial charge in [0.25, 0.3) is 5.56 Å². The maximum absolute atomic E-state index is 12.4. The molecule has 7 heteroatoms. The summed E-state index contributed by atoms with van der Waals surface area (Å²) < 4.78 is 0. The van der Waals surface area contributed by atoms with Crippen LogP contribution in [0.4, 0.5) is 0 Å². The van der Waals surface area contributed by atoms with Crippen LogP contribution in [-0.4, -0.2) is 39.6 Å². The van der Waals surface area contributed by atoms with E-state index < -0.39 is 0 Å². The van der Waals surface area contributed by atoms with Gasteiger partial charge in [0.15, 0.2) is 5.16 Å². The van der Waals surface area contributed by atoms with Gasteiger partial charge in [-0.1, -0.05) is 11.8 Å². The Bertz CT molecular complexity index is 805. The number of aromatic nitrogens is 2. The number of H-pyrrole nitrogens is 1. The second-order valence-electron chi connectivity index (χ2n) is 6.14. The Morgan fingerprint density at radius 3 is 2.83 bits per heavy atom. The minimum atomic E-state index is -0.0504. The van der Waals surface area contributed by atoms with E-state index in [0.717, 1.165) is 55.4 Å². The van der Waals surface area contributed by atoms with Crippen molar-refractivity contribution in [3.63, 3.8) is 0 Å². The molecule has 0 bridgehead atoms. The van der Waals surface area contributed by atoms with E-state index in [2.05, 4.69) is 9.97 Å². The number of nitrogens with zero attached hydrogens (tertiary/aromatic N) is 2. The van der Waals surface area contributed by atoms with Gasteiger partial charge in [-0.25, -0.2) is 4.98 Å². The normalized spacial score (nSPS) is 17.7. The zero-order valence-corrected chi connectivity index (χ0v) is 14.5. The van der Waals surface area contributed by atoms with Crippen molar-refractivity contribution in [1.82, 2.24) is 14.9 Å². The van der Waals surface area contributed by atoms with Gasteiger partial charge >= 0.3 is 0 Å². The monoisotopic (exact) mass is 349 g/mol. The number of fused-ring (bicyclic) bond motifs is 3. The molecular weight excluding hydrogens is 330 g/mol. The van der Waals surface area contributed by atoms with E-state index in [1.54, 1.807) is 11.3 Å². The van der Waals surface area contributed by atoms with Crippen LogP contribution in [0.5, 0.6) is 0 Å². The molecule has 2 aromatic heterocycles. The maximum atomic E-state index is 12.4. The van der Waals surface area contributed by atoms with Crippen LogP contribution in [0.2, 0.25) is 0 Å². The molecule has 0 radical (unpaired) electrons. The Hall–Kier alpha value is -1.34. The van der Waals surface area contributed by atoms with E-state index in [1.165, 1.54) is 28.6 Å². The van der Waals surface area contributed by atoms with Gasteiger partial charge in [0, 0.05) is 18.0 Å². The van der Waals surface area contributed by atoms with Crippen molar-refractivity contribution in [1.29, 1.82) is 0 Å². The van der Waals surface area contributed by atoms with Crippen molar-refractivity contribution in [2.75, 3.05) is 18.8 Å². The van der Waals surface area contributed by atoms with Crippen molar-refractivity contribution < 1.29 is 4.79 Å². The number of hydrogen-bond donors (Lipinski definition) is 1. The summed E-state index contributed by atoms with van der Waals surface area (Å²) in [5.41, 5.74) is 1.15. The summed E-state index contributed by atoms with van der Waals surface area (Å²) in [6.45, 7) is 1.72. The van der Waals surface area contributed by atoms with E-state index in [4.69, 9.17) is 0 Å². The molecule has 4 rings (SSSR count). The van der Waals surface area contributed by atoms with Crippen LogP contribution in [-0.2, 0) is 17.6 Å². The van der Waals surface area contributed by atoms with Crippen LogP contribution in [0.15, 0.2) is 9.95 Å². The highest BCUT2D eigenvalue weighted by Crippen LogP contribution is 2.34. The smallest absolute Gasteiger partial charge is 0.260 e. The third-order valence-corrected chi connectivity index (χ3v) is 6.64. The van der Waals surface area contributed by atoms with Crippen molar-refractivity contribution >= 4 is 39.2 Å². The molecule has 0 saturated carbocycles. The molecule has 1 amide bonds. The van der Waals surface area contributed by atoms with Crippen molar-refractivity contribution in [2.45, 2.75) is 43.7 Å². The summed E-state index contributed by atoms with van der Waals surface area (Å²) >= 11 is 2.99. The first-order valence-corrected chi connectivity index (χ1v) is 9.98. The Morgan fingerprint density at radius 1 is 1.22 bits per heavy atom. The molecule has 0 spiro atoms. The average molecular weight is 349 g/mol. The maximum Gasteiger partial charge on any atom is 0.260 e. The van der Waals surface area contributed by atoms with Crippen molar-refractivity contribution in [3.8, 4) is 0 Å². The highest BCUT2D eigenvalue weighted by atomic mass is 32.2. The van der Waals surface area contributed by atoms with Gasteiger partial charge in [0.1, 0.15) is 4.83 Å². The minimum Gasteiger partial charge on any atom is -0.342 e. The van der Waals surface area contributed by atoms with Gasteiger partial charge in [-0.3, -0.25) is 9.59 Å². The molecule has 1 fully saturated rings. The number of hydrogen-bond acceptors (Lipinski definition) is 5. The molecule has 1 saturated heterocycles. The number of thioether (sulfide) groups is 1. The predicted octanol–water partition coefficient (Wildman–Crippen LogP) is 2.58. The molecule has 5 nitrogen and oxygen atoms in total. The fourth-order valence-corrected chi connectivity index (χ4v) is 5.48. The lowest BCUT2D eigenvalue weighted by molar-refractivity contribution is -0.127. The van der Waals surface area contributed by atoms with Crippen LogP contribution < -0.4 is 5.56 Å². The van der Waals surface area contributed by atoms with Gasteiger partial charge in [-0.15, -0.1) is 11.3 Å². The third-order valence-electron chi connectivity index (χ3n) is 4.59. The Kier molecular flexibility index (Phi) is 4.15. The van der Waals surface area contributed by atoms with Gasteiger partial charge in [-0.2, -0.15) is 0 Å². The first kappa shape index (κ1) is 15.2. The molecular formula is C16H19N3O2S2. The van der Waals surface area contributed by atoms with E-state index in [-0.39, 0.29) is 11.5 Å². The quantitative estimate of drug-likeness (QED) is 0.683. The minimum absolute atomic E-state index is 0.0504. The number of aromatic amines is 1. The van der Waals surface area contributed by atoms with Gasteiger partial charge in [-0.05, 0) is 44.1 Å². The highest BCUT2D eigenvalue weighted by molar-refractivity contribution is 7.99. The molecule has 122 valence electrons. The SMILES string of the molecule is O=C(CSc1nc2sc3c(c2c(=O)[nH]1)CCCC3)N1CCCC1. The molecule has 0 unspecified atom stereocenters. The van der Waals surface area contributed by atoms with Gasteiger partial charge in [0.05, 0.1) is 11.1 Å². The highest BCUT2D eigenvalue weighted by Gasteiger charge is 2.21. The number of thiophene rings is 1. The van der Waals surface area contributed by atoms with Gasteiger partial charge < -0.3 is 9.88 Å².